The number of benzene rings is 1. The summed E-state index contributed by atoms with van der Waals surface area (Å²) in [6, 6.07) is 10.6. The molecule has 1 aliphatic heterocycles. The molecule has 2 aromatic rings. The number of hydrogen-bond acceptors (Lipinski definition) is 7. The van der Waals surface area contributed by atoms with Gasteiger partial charge < -0.3 is 14.8 Å². The number of ether oxygens (including phenoxy) is 2. The lowest BCUT2D eigenvalue weighted by Gasteiger charge is -2.26. The van der Waals surface area contributed by atoms with E-state index in [9.17, 15) is 18.0 Å². The zero-order valence-electron chi connectivity index (χ0n) is 15.8. The van der Waals surface area contributed by atoms with Gasteiger partial charge in [0.05, 0.1) is 18.1 Å². The molecule has 1 atom stereocenters. The van der Waals surface area contributed by atoms with E-state index < -0.39 is 28.0 Å². The minimum atomic E-state index is -3.61. The van der Waals surface area contributed by atoms with Gasteiger partial charge in [0, 0.05) is 25.0 Å². The van der Waals surface area contributed by atoms with Crippen LogP contribution in [0.5, 0.6) is 0 Å². The van der Waals surface area contributed by atoms with Crippen LogP contribution in [0.1, 0.15) is 17.4 Å². The summed E-state index contributed by atoms with van der Waals surface area (Å²) in [6.45, 7) is 2.78. The fourth-order valence-electron chi connectivity index (χ4n) is 2.65. The van der Waals surface area contributed by atoms with Gasteiger partial charge in [0.2, 0.25) is 10.0 Å². The number of hydrogen-bond donors (Lipinski definition) is 1. The van der Waals surface area contributed by atoms with E-state index in [1.807, 2.05) is 0 Å². The Kier molecular flexibility index (Phi) is 6.57. The van der Waals surface area contributed by atoms with Crippen molar-refractivity contribution < 1.29 is 27.5 Å². The lowest BCUT2D eigenvalue weighted by atomic mass is 10.3. The van der Waals surface area contributed by atoms with Crippen LogP contribution >= 0.6 is 0 Å². The van der Waals surface area contributed by atoms with Crippen LogP contribution in [0.4, 0.5) is 5.69 Å². The second-order valence-corrected chi connectivity index (χ2v) is 8.23. The zero-order chi connectivity index (χ0) is 20.9. The van der Waals surface area contributed by atoms with Gasteiger partial charge in [-0.05, 0) is 43.3 Å². The van der Waals surface area contributed by atoms with Crippen LogP contribution in [0.2, 0.25) is 0 Å². The molecule has 1 aromatic heterocycles. The Morgan fingerprint density at radius 1 is 1.14 bits per heavy atom. The third kappa shape index (κ3) is 5.17. The van der Waals surface area contributed by atoms with Crippen LogP contribution in [-0.2, 0) is 24.3 Å². The highest BCUT2D eigenvalue weighted by molar-refractivity contribution is 7.89. The van der Waals surface area contributed by atoms with E-state index in [0.717, 1.165) is 0 Å². The number of carbonyl (C=O) groups excluding carboxylic acids is 2. The van der Waals surface area contributed by atoms with E-state index in [-0.39, 0.29) is 10.6 Å². The third-order valence-electron chi connectivity index (χ3n) is 4.26. The smallest absolute Gasteiger partial charge is 0.357 e. The molecule has 0 aliphatic carbocycles. The summed E-state index contributed by atoms with van der Waals surface area (Å²) in [5.74, 6) is -1.25. The Morgan fingerprint density at radius 2 is 1.83 bits per heavy atom. The second-order valence-electron chi connectivity index (χ2n) is 6.29. The summed E-state index contributed by atoms with van der Waals surface area (Å²) in [5.41, 5.74) is 0.487. The van der Waals surface area contributed by atoms with Gasteiger partial charge in [0.1, 0.15) is 5.69 Å². The van der Waals surface area contributed by atoms with Gasteiger partial charge in [-0.2, -0.15) is 4.31 Å². The van der Waals surface area contributed by atoms with Crippen molar-refractivity contribution in [2.75, 3.05) is 31.6 Å². The molecule has 1 N–H and O–H groups in total. The number of nitrogens with one attached hydrogen (secondary N) is 1. The molecule has 1 amide bonds. The first-order valence-corrected chi connectivity index (χ1v) is 10.4. The minimum Gasteiger partial charge on any atom is -0.448 e. The molecule has 9 nitrogen and oxygen atoms in total. The Bertz CT molecular complexity index is 957. The highest BCUT2D eigenvalue weighted by Crippen LogP contribution is 2.19. The van der Waals surface area contributed by atoms with E-state index >= 15 is 0 Å². The van der Waals surface area contributed by atoms with Crippen LogP contribution in [0.25, 0.3) is 0 Å². The Hall–Kier alpha value is -2.82. The Morgan fingerprint density at radius 3 is 2.45 bits per heavy atom. The van der Waals surface area contributed by atoms with Gasteiger partial charge in [-0.3, -0.25) is 4.79 Å². The van der Waals surface area contributed by atoms with Crippen molar-refractivity contribution in [3.63, 3.8) is 0 Å². The van der Waals surface area contributed by atoms with Gasteiger partial charge in [-0.15, -0.1) is 0 Å². The van der Waals surface area contributed by atoms with Gasteiger partial charge in [-0.25, -0.2) is 18.2 Å². The molecule has 1 saturated heterocycles. The van der Waals surface area contributed by atoms with E-state index in [1.54, 1.807) is 12.1 Å². The Labute approximate surface area is 168 Å². The number of carbonyl (C=O) groups is 2. The number of sulfonamides is 1. The lowest BCUT2D eigenvalue weighted by Crippen LogP contribution is -2.40. The lowest BCUT2D eigenvalue weighted by molar-refractivity contribution is -0.123. The van der Waals surface area contributed by atoms with E-state index in [4.69, 9.17) is 9.47 Å². The van der Waals surface area contributed by atoms with Crippen molar-refractivity contribution in [3.05, 3.63) is 54.4 Å². The standard InChI is InChI=1S/C19H21N3O6S/c1-14(28-19(24)17-4-2-3-9-20-17)18(23)21-15-5-7-16(8-6-15)29(25,26)22-10-12-27-13-11-22/h2-9,14H,10-13H2,1H3,(H,21,23)/t14-/m0/s1. The van der Waals surface area contributed by atoms with Crippen molar-refractivity contribution in [3.8, 4) is 0 Å². The van der Waals surface area contributed by atoms with Crippen LogP contribution < -0.4 is 5.32 Å². The maximum absolute atomic E-state index is 12.6. The molecular formula is C19H21N3O6S. The maximum atomic E-state index is 12.6. The molecule has 0 spiro atoms. The largest absolute Gasteiger partial charge is 0.448 e. The van der Waals surface area contributed by atoms with Crippen LogP contribution in [0.15, 0.2) is 53.6 Å². The molecule has 1 aromatic carbocycles. The van der Waals surface area contributed by atoms with E-state index in [2.05, 4.69) is 10.3 Å². The summed E-state index contributed by atoms with van der Waals surface area (Å²) in [6.07, 6.45) is 0.398. The molecule has 3 rings (SSSR count). The molecule has 1 fully saturated rings. The predicted octanol–water partition coefficient (Wildman–Crippen LogP) is 1.29. The molecule has 1 aliphatic rings. The fourth-order valence-corrected chi connectivity index (χ4v) is 4.06. The summed E-state index contributed by atoms with van der Waals surface area (Å²) >= 11 is 0. The monoisotopic (exact) mass is 419 g/mol. The van der Waals surface area contributed by atoms with Gasteiger partial charge in [0.25, 0.3) is 5.91 Å². The number of aromatic nitrogens is 1. The molecule has 0 saturated carbocycles. The van der Waals surface area contributed by atoms with Crippen molar-refractivity contribution in [1.29, 1.82) is 0 Å². The average molecular weight is 419 g/mol. The first kappa shape index (κ1) is 20.9. The topological polar surface area (TPSA) is 115 Å². The van der Waals surface area contributed by atoms with Crippen LogP contribution in [0.3, 0.4) is 0 Å². The molecule has 2 heterocycles. The molecule has 0 bridgehead atoms. The van der Waals surface area contributed by atoms with Crippen LogP contribution in [-0.4, -0.2) is 62.0 Å². The van der Waals surface area contributed by atoms with Gasteiger partial charge in [0.15, 0.2) is 6.10 Å². The summed E-state index contributed by atoms with van der Waals surface area (Å²) < 4.78 is 36.9. The van der Waals surface area contributed by atoms with Gasteiger partial charge in [-0.1, -0.05) is 6.07 Å². The average Bonchev–Trinajstić information content (AvgIpc) is 2.75. The molecule has 0 radical (unpaired) electrons. The second kappa shape index (κ2) is 9.12. The van der Waals surface area contributed by atoms with Crippen molar-refractivity contribution >= 4 is 27.6 Å². The number of morpholine rings is 1. The molecular weight excluding hydrogens is 398 g/mol. The van der Waals surface area contributed by atoms with Gasteiger partial charge >= 0.3 is 5.97 Å². The highest BCUT2D eigenvalue weighted by atomic mass is 32.2. The molecule has 10 heteroatoms. The number of rotatable bonds is 6. The molecule has 29 heavy (non-hydrogen) atoms. The summed E-state index contributed by atoms with van der Waals surface area (Å²) in [4.78, 5) is 28.2. The SMILES string of the molecule is C[C@H](OC(=O)c1ccccn1)C(=O)Nc1ccc(S(=O)(=O)N2CCOCC2)cc1. The first-order chi connectivity index (χ1) is 13.9. The quantitative estimate of drug-likeness (QED) is 0.702. The van der Waals surface area contributed by atoms with Crippen molar-refractivity contribution in [2.45, 2.75) is 17.9 Å². The van der Waals surface area contributed by atoms with E-state index in [1.165, 1.54) is 47.8 Å². The van der Waals surface area contributed by atoms with Crippen molar-refractivity contribution in [2.24, 2.45) is 0 Å². The summed E-state index contributed by atoms with van der Waals surface area (Å²) in [7, 11) is -3.61. The first-order valence-electron chi connectivity index (χ1n) is 8.99. The van der Waals surface area contributed by atoms with Crippen molar-refractivity contribution in [1.82, 2.24) is 9.29 Å². The normalized spacial score (nSPS) is 16.0. The molecule has 154 valence electrons. The predicted molar refractivity (Wildman–Crippen MR) is 104 cm³/mol. The minimum absolute atomic E-state index is 0.102. The zero-order valence-corrected chi connectivity index (χ0v) is 16.6. The Balaban J connectivity index is 1.60. The number of nitrogens with zero attached hydrogens (tertiary/aromatic N) is 2. The number of esters is 1. The third-order valence-corrected chi connectivity index (χ3v) is 6.17. The number of pyridine rings is 1. The van der Waals surface area contributed by atoms with Crippen LogP contribution in [0, 0.1) is 0 Å². The maximum Gasteiger partial charge on any atom is 0.357 e. The summed E-state index contributed by atoms with van der Waals surface area (Å²) in [5, 5.41) is 2.59. The molecule has 0 unspecified atom stereocenters. The highest BCUT2D eigenvalue weighted by Gasteiger charge is 2.26. The fraction of sp³-hybridized carbons (Fsp3) is 0.316. The number of anilines is 1. The number of amides is 1. The van der Waals surface area contributed by atoms with E-state index in [0.29, 0.717) is 32.0 Å².